The fourth-order valence-corrected chi connectivity index (χ4v) is 2.55. The van der Waals surface area contributed by atoms with Gasteiger partial charge in [-0.2, -0.15) is 5.10 Å². The van der Waals surface area contributed by atoms with E-state index in [4.69, 9.17) is 5.73 Å². The summed E-state index contributed by atoms with van der Waals surface area (Å²) in [5, 5.41) is 14.8. The van der Waals surface area contributed by atoms with E-state index in [0.717, 1.165) is 4.90 Å². The highest BCUT2D eigenvalue weighted by molar-refractivity contribution is 7.99. The molecule has 8 heteroatoms. The maximum absolute atomic E-state index is 11.2. The van der Waals surface area contributed by atoms with Crippen LogP contribution in [-0.4, -0.2) is 17.2 Å². The third-order valence-corrected chi connectivity index (χ3v) is 3.61. The molecule has 0 saturated carbocycles. The lowest BCUT2D eigenvalue weighted by molar-refractivity contribution is -0.387. The van der Waals surface area contributed by atoms with Crippen LogP contribution in [0.25, 0.3) is 0 Å². The molecule has 0 aliphatic rings. The number of benzene rings is 2. The topological polar surface area (TPSA) is 111 Å². The Hall–Kier alpha value is -2.87. The van der Waals surface area contributed by atoms with Crippen molar-refractivity contribution in [2.45, 2.75) is 9.79 Å². The average Bonchev–Trinajstić information content (AvgIpc) is 2.49. The molecule has 112 valence electrons. The zero-order valence-corrected chi connectivity index (χ0v) is 12.1. The molecule has 0 spiro atoms. The van der Waals surface area contributed by atoms with Gasteiger partial charge in [-0.15, -0.1) is 0 Å². The monoisotopic (exact) mass is 316 g/mol. The molecule has 0 unspecified atom stereocenters. The van der Waals surface area contributed by atoms with Gasteiger partial charge in [-0.05, 0) is 18.2 Å². The fraction of sp³-hybridized carbons (Fsp3) is 0. The minimum Gasteiger partial charge on any atom is -0.350 e. The lowest BCUT2D eigenvalue weighted by Gasteiger charge is -2.04. The number of nitrogens with one attached hydrogen (secondary N) is 1. The van der Waals surface area contributed by atoms with E-state index in [9.17, 15) is 14.9 Å². The summed E-state index contributed by atoms with van der Waals surface area (Å²) in [6.45, 7) is 0. The summed E-state index contributed by atoms with van der Waals surface area (Å²) in [4.78, 5) is 22.7. The van der Waals surface area contributed by atoms with Gasteiger partial charge >= 0.3 is 6.03 Å². The molecule has 2 aromatic carbocycles. The van der Waals surface area contributed by atoms with E-state index in [0.29, 0.717) is 10.5 Å². The molecular formula is C14H12N4O3S. The van der Waals surface area contributed by atoms with Crippen LogP contribution in [0, 0.1) is 10.1 Å². The zero-order chi connectivity index (χ0) is 15.9. The maximum atomic E-state index is 11.2. The van der Waals surface area contributed by atoms with Crippen LogP contribution in [0.1, 0.15) is 5.56 Å². The van der Waals surface area contributed by atoms with Crippen LogP contribution in [0.3, 0.4) is 0 Å². The van der Waals surface area contributed by atoms with E-state index < -0.39 is 11.0 Å². The Morgan fingerprint density at radius 1 is 1.27 bits per heavy atom. The first kappa shape index (κ1) is 15.5. The number of hydrazone groups is 1. The van der Waals surface area contributed by atoms with Crippen LogP contribution < -0.4 is 11.2 Å². The van der Waals surface area contributed by atoms with Gasteiger partial charge in [0.1, 0.15) is 0 Å². The number of hydrogen-bond acceptors (Lipinski definition) is 5. The number of hydrogen-bond donors (Lipinski definition) is 2. The van der Waals surface area contributed by atoms with Gasteiger partial charge in [0.25, 0.3) is 5.69 Å². The number of nitrogens with zero attached hydrogens (tertiary/aromatic N) is 2. The molecule has 0 fully saturated rings. The standard InChI is InChI=1S/C14H12N4O3S/c15-14(19)17-16-9-10-6-7-13(12(8-10)18(20)21)22-11-4-2-1-3-5-11/h1-9H,(H3,15,17,19). The number of carbonyl (C=O) groups is 1. The highest BCUT2D eigenvalue weighted by atomic mass is 32.2. The molecule has 0 atom stereocenters. The minimum absolute atomic E-state index is 0.0307. The number of nitro groups is 1. The maximum Gasteiger partial charge on any atom is 0.332 e. The van der Waals surface area contributed by atoms with Crippen molar-refractivity contribution >= 4 is 29.7 Å². The number of primary amides is 1. The molecule has 0 aliphatic carbocycles. The second-order valence-corrected chi connectivity index (χ2v) is 5.25. The molecular weight excluding hydrogens is 304 g/mol. The Kier molecular flexibility index (Phi) is 5.10. The molecule has 2 amide bonds. The van der Waals surface area contributed by atoms with E-state index in [1.54, 1.807) is 12.1 Å². The fourth-order valence-electron chi connectivity index (χ4n) is 1.63. The quantitative estimate of drug-likeness (QED) is 0.502. The second-order valence-electron chi connectivity index (χ2n) is 4.13. The Morgan fingerprint density at radius 2 is 2.00 bits per heavy atom. The smallest absolute Gasteiger partial charge is 0.332 e. The molecule has 0 bridgehead atoms. The predicted octanol–water partition coefficient (Wildman–Crippen LogP) is 2.75. The van der Waals surface area contributed by atoms with Crippen molar-refractivity contribution in [1.29, 1.82) is 0 Å². The highest BCUT2D eigenvalue weighted by Crippen LogP contribution is 2.34. The SMILES string of the molecule is NC(=O)NN=Cc1ccc(Sc2ccccc2)c([N+](=O)[O-])c1. The largest absolute Gasteiger partial charge is 0.350 e. The first-order valence-corrected chi connectivity index (χ1v) is 6.98. The van der Waals surface area contributed by atoms with Crippen LogP contribution in [-0.2, 0) is 0 Å². The summed E-state index contributed by atoms with van der Waals surface area (Å²) < 4.78 is 0. The average molecular weight is 316 g/mol. The predicted molar refractivity (Wildman–Crippen MR) is 84.0 cm³/mol. The van der Waals surface area contributed by atoms with E-state index in [1.807, 2.05) is 35.8 Å². The molecule has 2 aromatic rings. The van der Waals surface area contributed by atoms with Crippen LogP contribution in [0.4, 0.5) is 10.5 Å². The van der Waals surface area contributed by atoms with Gasteiger partial charge in [-0.25, -0.2) is 10.2 Å². The lowest BCUT2D eigenvalue weighted by Crippen LogP contribution is -2.24. The first-order valence-electron chi connectivity index (χ1n) is 6.16. The summed E-state index contributed by atoms with van der Waals surface area (Å²) in [5.41, 5.74) is 7.35. The molecule has 0 radical (unpaired) electrons. The number of nitrogens with two attached hydrogens (primary N) is 1. The van der Waals surface area contributed by atoms with Crippen LogP contribution in [0.2, 0.25) is 0 Å². The van der Waals surface area contributed by atoms with Crippen molar-refractivity contribution in [3.05, 3.63) is 64.2 Å². The molecule has 0 aliphatic heterocycles. The molecule has 3 N–H and O–H groups in total. The molecule has 0 aromatic heterocycles. The third-order valence-electron chi connectivity index (χ3n) is 2.54. The van der Waals surface area contributed by atoms with Gasteiger partial charge in [0.2, 0.25) is 0 Å². The van der Waals surface area contributed by atoms with E-state index >= 15 is 0 Å². The van der Waals surface area contributed by atoms with Crippen molar-refractivity contribution in [2.75, 3.05) is 0 Å². The van der Waals surface area contributed by atoms with Gasteiger partial charge in [0.05, 0.1) is 16.0 Å². The van der Waals surface area contributed by atoms with Crippen molar-refractivity contribution in [3.63, 3.8) is 0 Å². The normalized spacial score (nSPS) is 10.5. The molecule has 0 heterocycles. The highest BCUT2D eigenvalue weighted by Gasteiger charge is 2.15. The number of carbonyl (C=O) groups excluding carboxylic acids is 1. The van der Waals surface area contributed by atoms with Gasteiger partial charge in [0, 0.05) is 16.5 Å². The van der Waals surface area contributed by atoms with Gasteiger partial charge in [-0.3, -0.25) is 10.1 Å². The van der Waals surface area contributed by atoms with E-state index in [2.05, 4.69) is 5.10 Å². The Bertz CT molecular complexity index is 719. The number of nitro benzene ring substituents is 1. The van der Waals surface area contributed by atoms with Crippen molar-refractivity contribution < 1.29 is 9.72 Å². The summed E-state index contributed by atoms with van der Waals surface area (Å²) in [6, 6.07) is 13.3. The van der Waals surface area contributed by atoms with Crippen molar-refractivity contribution in [3.8, 4) is 0 Å². The molecule has 7 nitrogen and oxygen atoms in total. The van der Waals surface area contributed by atoms with Gasteiger partial charge < -0.3 is 5.73 Å². The third kappa shape index (κ3) is 4.32. The minimum atomic E-state index is -0.804. The summed E-state index contributed by atoms with van der Waals surface area (Å²) >= 11 is 1.30. The Labute approximate surface area is 130 Å². The Morgan fingerprint density at radius 3 is 2.64 bits per heavy atom. The number of rotatable bonds is 5. The van der Waals surface area contributed by atoms with Gasteiger partial charge in [-0.1, -0.05) is 36.0 Å². The van der Waals surface area contributed by atoms with Crippen LogP contribution >= 0.6 is 11.8 Å². The lowest BCUT2D eigenvalue weighted by atomic mass is 10.2. The van der Waals surface area contributed by atoms with Gasteiger partial charge in [0.15, 0.2) is 0 Å². The van der Waals surface area contributed by atoms with Crippen molar-refractivity contribution in [2.24, 2.45) is 10.8 Å². The van der Waals surface area contributed by atoms with Crippen LogP contribution in [0.5, 0.6) is 0 Å². The summed E-state index contributed by atoms with van der Waals surface area (Å²) in [5.74, 6) is 0. The number of amides is 2. The summed E-state index contributed by atoms with van der Waals surface area (Å²) in [6.07, 6.45) is 1.29. The summed E-state index contributed by atoms with van der Waals surface area (Å²) in [7, 11) is 0. The first-order chi connectivity index (χ1) is 10.6. The Balaban J connectivity index is 2.26. The molecule has 22 heavy (non-hydrogen) atoms. The second kappa shape index (κ2) is 7.23. The van der Waals surface area contributed by atoms with E-state index in [-0.39, 0.29) is 5.69 Å². The van der Waals surface area contributed by atoms with Crippen LogP contribution in [0.15, 0.2) is 63.4 Å². The number of urea groups is 1. The van der Waals surface area contributed by atoms with Crippen molar-refractivity contribution in [1.82, 2.24) is 5.43 Å². The molecule has 2 rings (SSSR count). The van der Waals surface area contributed by atoms with E-state index in [1.165, 1.54) is 24.0 Å². The zero-order valence-electron chi connectivity index (χ0n) is 11.3. The molecule has 0 saturated heterocycles.